The summed E-state index contributed by atoms with van der Waals surface area (Å²) in [5, 5.41) is 2.59. The van der Waals surface area contributed by atoms with Gasteiger partial charge in [-0.1, -0.05) is 0 Å². The molecular weight excluding hydrogens is 254 g/mol. The highest BCUT2D eigenvalue weighted by Crippen LogP contribution is 2.21. The van der Waals surface area contributed by atoms with Crippen LogP contribution in [0.5, 0.6) is 5.75 Å². The molecule has 1 amide bonds. The van der Waals surface area contributed by atoms with Gasteiger partial charge in [0.2, 0.25) is 0 Å². The van der Waals surface area contributed by atoms with Crippen molar-refractivity contribution in [3.05, 3.63) is 29.8 Å². The Morgan fingerprint density at radius 3 is 2.35 bits per heavy atom. The smallest absolute Gasteiger partial charge is 0.251 e. The van der Waals surface area contributed by atoms with Gasteiger partial charge in [0.05, 0.1) is 12.7 Å². The maximum atomic E-state index is 11.4. The van der Waals surface area contributed by atoms with Crippen molar-refractivity contribution in [2.75, 3.05) is 13.7 Å². The molecule has 4 heteroatoms. The van der Waals surface area contributed by atoms with Crippen LogP contribution in [0, 0.1) is 0 Å². The molecule has 1 aromatic carbocycles. The van der Waals surface area contributed by atoms with Gasteiger partial charge < -0.3 is 14.8 Å². The summed E-state index contributed by atoms with van der Waals surface area (Å²) in [6, 6.07) is 7.15. The van der Waals surface area contributed by atoms with E-state index >= 15 is 0 Å². The van der Waals surface area contributed by atoms with Crippen molar-refractivity contribution in [2.45, 2.75) is 45.8 Å². The van der Waals surface area contributed by atoms with Gasteiger partial charge in [-0.2, -0.15) is 0 Å². The number of hydrogen-bond acceptors (Lipinski definition) is 3. The van der Waals surface area contributed by atoms with Gasteiger partial charge in [0.25, 0.3) is 5.91 Å². The van der Waals surface area contributed by atoms with Crippen LogP contribution < -0.4 is 10.1 Å². The molecule has 0 fully saturated rings. The van der Waals surface area contributed by atoms with Crippen molar-refractivity contribution in [2.24, 2.45) is 0 Å². The first-order valence-electron chi connectivity index (χ1n) is 6.97. The van der Waals surface area contributed by atoms with Gasteiger partial charge in [-0.05, 0) is 52.0 Å². The van der Waals surface area contributed by atoms with Crippen LogP contribution in [0.3, 0.4) is 0 Å². The summed E-state index contributed by atoms with van der Waals surface area (Å²) in [6.45, 7) is 8.77. The van der Waals surface area contributed by atoms with E-state index in [-0.39, 0.29) is 17.6 Å². The molecule has 1 N–H and O–H groups in total. The minimum Gasteiger partial charge on any atom is -0.488 e. The van der Waals surface area contributed by atoms with Gasteiger partial charge in [-0.15, -0.1) is 0 Å². The van der Waals surface area contributed by atoms with Crippen LogP contribution >= 0.6 is 0 Å². The first kappa shape index (κ1) is 16.5. The van der Waals surface area contributed by atoms with Crippen molar-refractivity contribution in [3.63, 3.8) is 0 Å². The van der Waals surface area contributed by atoms with Crippen LogP contribution in [0.4, 0.5) is 0 Å². The SMILES string of the molecule is CNC(=O)c1ccc(OC(C)(C)CCOC(C)C)cc1. The lowest BCUT2D eigenvalue weighted by Gasteiger charge is -2.27. The minimum atomic E-state index is -0.302. The summed E-state index contributed by atoms with van der Waals surface area (Å²) in [6.07, 6.45) is 1.04. The molecule has 0 radical (unpaired) electrons. The number of nitrogens with one attached hydrogen (secondary N) is 1. The lowest BCUT2D eigenvalue weighted by atomic mass is 10.1. The van der Waals surface area contributed by atoms with E-state index in [2.05, 4.69) is 5.32 Å². The molecule has 0 unspecified atom stereocenters. The fraction of sp³-hybridized carbons (Fsp3) is 0.562. The summed E-state index contributed by atoms with van der Waals surface area (Å²) in [5.74, 6) is 0.661. The van der Waals surface area contributed by atoms with E-state index < -0.39 is 0 Å². The summed E-state index contributed by atoms with van der Waals surface area (Å²) in [5.41, 5.74) is 0.324. The first-order valence-corrected chi connectivity index (χ1v) is 6.97. The van der Waals surface area contributed by atoms with E-state index in [4.69, 9.17) is 9.47 Å². The highest BCUT2D eigenvalue weighted by molar-refractivity contribution is 5.94. The lowest BCUT2D eigenvalue weighted by Crippen LogP contribution is -2.30. The fourth-order valence-corrected chi connectivity index (χ4v) is 1.73. The lowest BCUT2D eigenvalue weighted by molar-refractivity contribution is 0.0231. The highest BCUT2D eigenvalue weighted by Gasteiger charge is 2.20. The van der Waals surface area contributed by atoms with Crippen LogP contribution in [0.15, 0.2) is 24.3 Å². The van der Waals surface area contributed by atoms with Crippen LogP contribution in [0.2, 0.25) is 0 Å². The number of rotatable bonds is 7. The third-order valence-corrected chi connectivity index (χ3v) is 2.89. The molecule has 0 aliphatic heterocycles. The van der Waals surface area contributed by atoms with E-state index in [0.717, 1.165) is 12.2 Å². The fourth-order valence-electron chi connectivity index (χ4n) is 1.73. The number of benzene rings is 1. The van der Waals surface area contributed by atoms with Crippen molar-refractivity contribution in [1.82, 2.24) is 5.32 Å². The van der Waals surface area contributed by atoms with E-state index in [0.29, 0.717) is 12.2 Å². The van der Waals surface area contributed by atoms with Crippen molar-refractivity contribution in [1.29, 1.82) is 0 Å². The zero-order valence-electron chi connectivity index (χ0n) is 13.0. The molecule has 0 bridgehead atoms. The second-order valence-electron chi connectivity index (χ2n) is 5.63. The molecule has 1 rings (SSSR count). The molecular formula is C16H25NO3. The van der Waals surface area contributed by atoms with Crippen LogP contribution in [-0.2, 0) is 4.74 Å². The standard InChI is InChI=1S/C16H25NO3/c1-12(2)19-11-10-16(3,4)20-14-8-6-13(7-9-14)15(18)17-5/h6-9,12H,10-11H2,1-5H3,(H,17,18). The summed E-state index contributed by atoms with van der Waals surface area (Å²) < 4.78 is 11.5. The molecule has 20 heavy (non-hydrogen) atoms. The van der Waals surface area contributed by atoms with Gasteiger partial charge in [-0.25, -0.2) is 0 Å². The second-order valence-corrected chi connectivity index (χ2v) is 5.63. The van der Waals surface area contributed by atoms with Gasteiger partial charge >= 0.3 is 0 Å². The molecule has 4 nitrogen and oxygen atoms in total. The third kappa shape index (κ3) is 5.61. The van der Waals surface area contributed by atoms with E-state index in [1.807, 2.05) is 39.8 Å². The van der Waals surface area contributed by atoms with Crippen LogP contribution in [0.1, 0.15) is 44.5 Å². The molecule has 112 valence electrons. The summed E-state index contributed by atoms with van der Waals surface area (Å²) >= 11 is 0. The Morgan fingerprint density at radius 1 is 1.25 bits per heavy atom. The Morgan fingerprint density at radius 2 is 1.85 bits per heavy atom. The Hall–Kier alpha value is -1.55. The third-order valence-electron chi connectivity index (χ3n) is 2.89. The van der Waals surface area contributed by atoms with Gasteiger partial charge in [0, 0.05) is 19.0 Å². The van der Waals surface area contributed by atoms with Crippen molar-refractivity contribution < 1.29 is 14.3 Å². The van der Waals surface area contributed by atoms with E-state index in [9.17, 15) is 4.79 Å². The summed E-state index contributed by atoms with van der Waals surface area (Å²) in [7, 11) is 1.62. The number of ether oxygens (including phenoxy) is 2. The molecule has 0 atom stereocenters. The Bertz CT molecular complexity index is 424. The molecule has 0 spiro atoms. The zero-order valence-corrected chi connectivity index (χ0v) is 13.0. The quantitative estimate of drug-likeness (QED) is 0.834. The number of hydrogen-bond donors (Lipinski definition) is 1. The topological polar surface area (TPSA) is 47.6 Å². The Kier molecular flexibility index (Phi) is 6.02. The Labute approximate surface area is 121 Å². The number of carbonyl (C=O) groups excluding carboxylic acids is 1. The average Bonchev–Trinajstić information content (AvgIpc) is 2.37. The number of carbonyl (C=O) groups is 1. The van der Waals surface area contributed by atoms with Crippen LogP contribution in [-0.4, -0.2) is 31.3 Å². The maximum absolute atomic E-state index is 11.4. The summed E-state index contributed by atoms with van der Waals surface area (Å²) in [4.78, 5) is 11.4. The zero-order chi connectivity index (χ0) is 15.2. The minimum absolute atomic E-state index is 0.0962. The molecule has 0 aliphatic carbocycles. The number of amides is 1. The second kappa shape index (κ2) is 7.29. The highest BCUT2D eigenvalue weighted by atomic mass is 16.5. The van der Waals surface area contributed by atoms with Gasteiger partial charge in [0.15, 0.2) is 0 Å². The van der Waals surface area contributed by atoms with Gasteiger partial charge in [-0.3, -0.25) is 4.79 Å². The normalized spacial score (nSPS) is 11.5. The van der Waals surface area contributed by atoms with E-state index in [1.165, 1.54) is 0 Å². The molecule has 0 heterocycles. The van der Waals surface area contributed by atoms with Crippen molar-refractivity contribution in [3.8, 4) is 5.75 Å². The predicted octanol–water partition coefficient (Wildman–Crippen LogP) is 3.02. The predicted molar refractivity (Wildman–Crippen MR) is 80.2 cm³/mol. The Balaban J connectivity index is 2.56. The first-order chi connectivity index (χ1) is 9.34. The monoisotopic (exact) mass is 279 g/mol. The largest absolute Gasteiger partial charge is 0.488 e. The molecule has 0 saturated heterocycles. The van der Waals surface area contributed by atoms with Crippen LogP contribution in [0.25, 0.3) is 0 Å². The molecule has 1 aromatic rings. The molecule has 0 aliphatic rings. The van der Waals surface area contributed by atoms with E-state index in [1.54, 1.807) is 19.2 Å². The molecule has 0 aromatic heterocycles. The maximum Gasteiger partial charge on any atom is 0.251 e. The molecule has 0 saturated carbocycles. The van der Waals surface area contributed by atoms with Gasteiger partial charge in [0.1, 0.15) is 11.4 Å². The average molecular weight is 279 g/mol. The van der Waals surface area contributed by atoms with Crippen molar-refractivity contribution >= 4 is 5.91 Å².